The largest absolute Gasteiger partial charge is 0.463 e. The molecular weight excluding hydrogens is 338 g/mol. The molecule has 0 atom stereocenters. The first-order valence-electron chi connectivity index (χ1n) is 8.74. The lowest BCUT2D eigenvalue weighted by molar-refractivity contribution is 0.0943. The van der Waals surface area contributed by atoms with Crippen molar-refractivity contribution in [3.63, 3.8) is 0 Å². The van der Waals surface area contributed by atoms with Crippen molar-refractivity contribution in [1.82, 2.24) is 15.1 Å². The fourth-order valence-corrected chi connectivity index (χ4v) is 2.84. The Labute approximate surface area is 157 Å². The number of hydrogen-bond acceptors (Lipinski definition) is 3. The smallest absolute Gasteiger partial charge is 0.270 e. The normalized spacial score (nSPS) is 10.7. The van der Waals surface area contributed by atoms with Gasteiger partial charge in [0, 0.05) is 12.6 Å². The quantitative estimate of drug-likeness (QED) is 0.577. The third-order valence-electron chi connectivity index (χ3n) is 4.29. The minimum Gasteiger partial charge on any atom is -0.463 e. The van der Waals surface area contributed by atoms with Crippen LogP contribution in [0.3, 0.4) is 0 Å². The van der Waals surface area contributed by atoms with Crippen LogP contribution in [-0.4, -0.2) is 15.7 Å². The molecule has 5 heteroatoms. The monoisotopic (exact) mass is 357 g/mol. The lowest BCUT2D eigenvalue weighted by atomic mass is 10.2. The zero-order valence-electron chi connectivity index (χ0n) is 14.9. The second kappa shape index (κ2) is 7.33. The molecule has 0 unspecified atom stereocenters. The van der Waals surface area contributed by atoms with Crippen molar-refractivity contribution in [3.8, 4) is 17.1 Å². The molecule has 1 N–H and O–H groups in total. The van der Waals surface area contributed by atoms with Gasteiger partial charge in [-0.25, -0.2) is 4.68 Å². The number of amides is 1. The van der Waals surface area contributed by atoms with Gasteiger partial charge in [-0.2, -0.15) is 5.10 Å². The predicted molar refractivity (Wildman–Crippen MR) is 104 cm³/mol. The first kappa shape index (κ1) is 16.8. The lowest BCUT2D eigenvalue weighted by Crippen LogP contribution is -2.25. The molecule has 5 nitrogen and oxygen atoms in total. The fraction of sp³-hybridized carbons (Fsp3) is 0.0909. The average molecular weight is 357 g/mol. The van der Waals surface area contributed by atoms with Gasteiger partial charge in [0.1, 0.15) is 11.4 Å². The number of nitrogens with one attached hydrogen (secondary N) is 1. The molecule has 0 saturated heterocycles. The Kier molecular flexibility index (Phi) is 4.58. The van der Waals surface area contributed by atoms with E-state index in [9.17, 15) is 4.79 Å². The number of hydrogen-bond donors (Lipinski definition) is 1. The molecule has 2 heterocycles. The van der Waals surface area contributed by atoms with E-state index in [2.05, 4.69) is 10.4 Å². The van der Waals surface area contributed by atoms with Crippen molar-refractivity contribution in [2.75, 3.05) is 0 Å². The molecule has 0 fully saturated rings. The molecule has 4 rings (SSSR count). The minimum atomic E-state index is -0.190. The van der Waals surface area contributed by atoms with E-state index >= 15 is 0 Å². The van der Waals surface area contributed by atoms with Crippen molar-refractivity contribution >= 4 is 5.91 Å². The zero-order valence-corrected chi connectivity index (χ0v) is 14.9. The van der Waals surface area contributed by atoms with Gasteiger partial charge in [0.2, 0.25) is 0 Å². The Morgan fingerprint density at radius 3 is 2.52 bits per heavy atom. The Bertz CT molecular complexity index is 1030. The van der Waals surface area contributed by atoms with Crippen LogP contribution in [0.25, 0.3) is 17.1 Å². The zero-order chi connectivity index (χ0) is 18.6. The number of nitrogens with zero attached hydrogens (tertiary/aromatic N) is 2. The van der Waals surface area contributed by atoms with Crippen LogP contribution in [0.4, 0.5) is 0 Å². The summed E-state index contributed by atoms with van der Waals surface area (Å²) in [6.07, 6.45) is 1.59. The number of carbonyl (C=O) groups is 1. The third-order valence-corrected chi connectivity index (χ3v) is 4.29. The van der Waals surface area contributed by atoms with Crippen molar-refractivity contribution < 1.29 is 9.21 Å². The highest BCUT2D eigenvalue weighted by molar-refractivity contribution is 5.94. The van der Waals surface area contributed by atoms with Gasteiger partial charge >= 0.3 is 0 Å². The Morgan fingerprint density at radius 1 is 1.04 bits per heavy atom. The van der Waals surface area contributed by atoms with Crippen LogP contribution in [0.5, 0.6) is 0 Å². The van der Waals surface area contributed by atoms with Crippen LogP contribution >= 0.6 is 0 Å². The molecular formula is C22H19N3O2. The summed E-state index contributed by atoms with van der Waals surface area (Å²) in [5.41, 5.74) is 4.08. The molecule has 0 aliphatic heterocycles. The third kappa shape index (κ3) is 3.67. The Balaban J connectivity index is 1.67. The van der Waals surface area contributed by atoms with Gasteiger partial charge < -0.3 is 9.73 Å². The molecule has 27 heavy (non-hydrogen) atoms. The number of carbonyl (C=O) groups excluding carboxylic acids is 1. The second-order valence-electron chi connectivity index (χ2n) is 6.31. The van der Waals surface area contributed by atoms with Gasteiger partial charge in [0.05, 0.1) is 12.0 Å². The molecule has 0 saturated carbocycles. The maximum Gasteiger partial charge on any atom is 0.270 e. The lowest BCUT2D eigenvalue weighted by Gasteiger charge is -2.09. The molecule has 2 aromatic heterocycles. The van der Waals surface area contributed by atoms with E-state index < -0.39 is 0 Å². The van der Waals surface area contributed by atoms with Gasteiger partial charge in [-0.05, 0) is 36.8 Å². The summed E-state index contributed by atoms with van der Waals surface area (Å²) >= 11 is 0. The number of rotatable bonds is 5. The molecule has 0 spiro atoms. The van der Waals surface area contributed by atoms with Gasteiger partial charge in [-0.15, -0.1) is 0 Å². The van der Waals surface area contributed by atoms with Gasteiger partial charge in [0.25, 0.3) is 5.91 Å². The Hall–Kier alpha value is -3.60. The van der Waals surface area contributed by atoms with E-state index in [-0.39, 0.29) is 5.91 Å². The SMILES string of the molecule is Cc1ccc(-n2nc(-c3ccco3)cc2C(=O)NCc2ccccc2)cc1. The highest BCUT2D eigenvalue weighted by Crippen LogP contribution is 2.22. The standard InChI is InChI=1S/C22H19N3O2/c1-16-9-11-18(12-10-16)25-20(14-19(24-25)21-8-5-13-27-21)22(26)23-15-17-6-3-2-4-7-17/h2-14H,15H2,1H3,(H,23,26). The molecule has 0 radical (unpaired) electrons. The molecule has 2 aromatic carbocycles. The van der Waals surface area contributed by atoms with E-state index in [1.807, 2.05) is 67.6 Å². The summed E-state index contributed by atoms with van der Waals surface area (Å²) in [4.78, 5) is 12.9. The van der Waals surface area contributed by atoms with Gasteiger partial charge in [0.15, 0.2) is 5.76 Å². The maximum atomic E-state index is 12.9. The topological polar surface area (TPSA) is 60.1 Å². The fourth-order valence-electron chi connectivity index (χ4n) is 2.84. The van der Waals surface area contributed by atoms with Crippen LogP contribution < -0.4 is 5.32 Å². The average Bonchev–Trinajstić information content (AvgIpc) is 3.37. The second-order valence-corrected chi connectivity index (χ2v) is 6.31. The van der Waals surface area contributed by atoms with Crippen molar-refractivity contribution in [2.45, 2.75) is 13.5 Å². The van der Waals surface area contributed by atoms with Crippen LogP contribution in [0.1, 0.15) is 21.6 Å². The van der Waals surface area contributed by atoms with E-state index in [4.69, 9.17) is 4.42 Å². The summed E-state index contributed by atoms with van der Waals surface area (Å²) in [5, 5.41) is 7.56. The van der Waals surface area contributed by atoms with Gasteiger partial charge in [-0.1, -0.05) is 48.0 Å². The number of aryl methyl sites for hydroxylation is 1. The summed E-state index contributed by atoms with van der Waals surface area (Å²) in [5.74, 6) is 0.433. The predicted octanol–water partition coefficient (Wildman–Crippen LogP) is 4.37. The van der Waals surface area contributed by atoms with E-state index in [1.54, 1.807) is 23.1 Å². The highest BCUT2D eigenvalue weighted by atomic mass is 16.3. The molecule has 1 amide bonds. The minimum absolute atomic E-state index is 0.190. The summed E-state index contributed by atoms with van der Waals surface area (Å²) in [6, 6.07) is 23.1. The molecule has 0 aliphatic carbocycles. The van der Waals surface area contributed by atoms with Crippen molar-refractivity contribution in [3.05, 3.63) is 95.9 Å². The maximum absolute atomic E-state index is 12.9. The number of aromatic nitrogens is 2. The van der Waals surface area contributed by atoms with Gasteiger partial charge in [-0.3, -0.25) is 4.79 Å². The van der Waals surface area contributed by atoms with Crippen LogP contribution in [0.15, 0.2) is 83.5 Å². The van der Waals surface area contributed by atoms with E-state index in [0.29, 0.717) is 23.7 Å². The Morgan fingerprint density at radius 2 is 1.81 bits per heavy atom. The summed E-state index contributed by atoms with van der Waals surface area (Å²) in [7, 11) is 0. The first-order chi connectivity index (χ1) is 13.2. The van der Waals surface area contributed by atoms with Crippen LogP contribution in [0.2, 0.25) is 0 Å². The van der Waals surface area contributed by atoms with Crippen molar-refractivity contribution in [1.29, 1.82) is 0 Å². The number of furan rings is 1. The van der Waals surface area contributed by atoms with Crippen LogP contribution in [0, 0.1) is 6.92 Å². The molecule has 0 bridgehead atoms. The molecule has 134 valence electrons. The van der Waals surface area contributed by atoms with Crippen LogP contribution in [-0.2, 0) is 6.54 Å². The van der Waals surface area contributed by atoms with Crippen molar-refractivity contribution in [2.24, 2.45) is 0 Å². The highest BCUT2D eigenvalue weighted by Gasteiger charge is 2.18. The summed E-state index contributed by atoms with van der Waals surface area (Å²) < 4.78 is 7.09. The summed E-state index contributed by atoms with van der Waals surface area (Å²) in [6.45, 7) is 2.48. The first-order valence-corrected chi connectivity index (χ1v) is 8.74. The van der Waals surface area contributed by atoms with E-state index in [0.717, 1.165) is 16.8 Å². The van der Waals surface area contributed by atoms with E-state index in [1.165, 1.54) is 0 Å². The molecule has 4 aromatic rings. The number of benzene rings is 2. The molecule has 0 aliphatic rings.